The van der Waals surface area contributed by atoms with Crippen LogP contribution in [0, 0.1) is 0 Å². The van der Waals surface area contributed by atoms with Gasteiger partial charge in [0.1, 0.15) is 6.04 Å². The van der Waals surface area contributed by atoms with E-state index in [1.165, 1.54) is 5.01 Å². The molecular formula is C17H28Cl2N6OS. The predicted molar refractivity (Wildman–Crippen MR) is 113 cm³/mol. The van der Waals surface area contributed by atoms with Crippen molar-refractivity contribution in [1.29, 1.82) is 0 Å². The van der Waals surface area contributed by atoms with Crippen molar-refractivity contribution in [3.63, 3.8) is 0 Å². The molecule has 0 radical (unpaired) electrons. The summed E-state index contributed by atoms with van der Waals surface area (Å²) in [4.78, 5) is 21.8. The topological polar surface area (TPSA) is 66.3 Å². The number of amides is 1. The molecule has 152 valence electrons. The maximum absolute atomic E-state index is 12.8. The Morgan fingerprint density at radius 2 is 2.00 bits per heavy atom. The van der Waals surface area contributed by atoms with Crippen LogP contribution in [0.2, 0.25) is 0 Å². The summed E-state index contributed by atoms with van der Waals surface area (Å²) in [7, 11) is 3.68. The number of carbonyl (C=O) groups is 1. The third kappa shape index (κ3) is 5.89. The van der Waals surface area contributed by atoms with E-state index in [2.05, 4.69) is 32.6 Å². The number of hydrogen-bond donors (Lipinski definition) is 1. The summed E-state index contributed by atoms with van der Waals surface area (Å²) >= 11 is 1.73. The van der Waals surface area contributed by atoms with Crippen molar-refractivity contribution in [2.75, 3.05) is 33.2 Å². The monoisotopic (exact) mass is 434 g/mol. The molecule has 1 amide bonds. The predicted octanol–water partition coefficient (Wildman–Crippen LogP) is 1.89. The van der Waals surface area contributed by atoms with Crippen molar-refractivity contribution < 1.29 is 4.79 Å². The molecule has 2 aromatic rings. The van der Waals surface area contributed by atoms with E-state index in [-0.39, 0.29) is 36.8 Å². The van der Waals surface area contributed by atoms with Gasteiger partial charge in [-0.3, -0.25) is 14.4 Å². The molecule has 3 rings (SSSR count). The maximum Gasteiger partial charge on any atom is 0.244 e. The number of aromatic nitrogens is 3. The second-order valence-electron chi connectivity index (χ2n) is 6.36. The van der Waals surface area contributed by atoms with Crippen molar-refractivity contribution in [3.05, 3.63) is 34.0 Å². The smallest absolute Gasteiger partial charge is 0.244 e. The highest BCUT2D eigenvalue weighted by atomic mass is 35.5. The molecule has 0 aliphatic carbocycles. The Hall–Kier alpha value is -1.19. The first-order valence-corrected chi connectivity index (χ1v) is 9.59. The molecule has 10 heteroatoms. The van der Waals surface area contributed by atoms with Gasteiger partial charge in [0.05, 0.1) is 16.9 Å². The molecule has 0 spiro atoms. The van der Waals surface area contributed by atoms with Gasteiger partial charge < -0.3 is 10.2 Å². The number of nitrogens with zero attached hydrogens (tertiary/aromatic N) is 5. The van der Waals surface area contributed by atoms with E-state index in [0.717, 1.165) is 50.4 Å². The van der Waals surface area contributed by atoms with Crippen molar-refractivity contribution >= 4 is 42.1 Å². The summed E-state index contributed by atoms with van der Waals surface area (Å²) in [6, 6.07) is -0.328. The molecule has 1 aliphatic rings. The van der Waals surface area contributed by atoms with Crippen LogP contribution in [0.4, 0.5) is 0 Å². The Labute approximate surface area is 177 Å². The van der Waals surface area contributed by atoms with Gasteiger partial charge in [-0.1, -0.05) is 6.92 Å². The summed E-state index contributed by atoms with van der Waals surface area (Å²) in [5, 5.41) is 10.6. The first-order valence-electron chi connectivity index (χ1n) is 8.71. The van der Waals surface area contributed by atoms with Crippen LogP contribution in [-0.2, 0) is 24.8 Å². The van der Waals surface area contributed by atoms with E-state index in [9.17, 15) is 4.79 Å². The van der Waals surface area contributed by atoms with E-state index >= 15 is 0 Å². The SMILES string of the molecule is CCc1nc(CN2CCN(C(=O)C(NC)c3cnn(C)c3)CC2)cs1.Cl.Cl. The first kappa shape index (κ1) is 23.8. The van der Waals surface area contributed by atoms with Crippen LogP contribution >= 0.6 is 36.2 Å². The molecule has 1 N–H and O–H groups in total. The van der Waals surface area contributed by atoms with Gasteiger partial charge in [-0.25, -0.2) is 4.98 Å². The number of piperazine rings is 1. The molecule has 1 fully saturated rings. The Bertz CT molecular complexity index is 714. The molecule has 1 unspecified atom stereocenters. The molecule has 0 aromatic carbocycles. The summed E-state index contributed by atoms with van der Waals surface area (Å²) in [6.07, 6.45) is 4.64. The van der Waals surface area contributed by atoms with Crippen LogP contribution in [0.5, 0.6) is 0 Å². The lowest BCUT2D eigenvalue weighted by molar-refractivity contribution is -0.135. The highest BCUT2D eigenvalue weighted by molar-refractivity contribution is 7.09. The van der Waals surface area contributed by atoms with Gasteiger partial charge in [-0.05, 0) is 13.5 Å². The van der Waals surface area contributed by atoms with E-state index in [4.69, 9.17) is 0 Å². The zero-order valence-electron chi connectivity index (χ0n) is 15.9. The first-order chi connectivity index (χ1) is 12.1. The van der Waals surface area contributed by atoms with Gasteiger partial charge in [-0.2, -0.15) is 5.10 Å². The minimum Gasteiger partial charge on any atom is -0.338 e. The number of likely N-dealkylation sites (N-methyl/N-ethyl adjacent to an activating group) is 1. The quantitative estimate of drug-likeness (QED) is 0.751. The lowest BCUT2D eigenvalue weighted by atomic mass is 10.1. The summed E-state index contributed by atoms with van der Waals surface area (Å²) in [5.74, 6) is 0.122. The molecule has 1 atom stereocenters. The van der Waals surface area contributed by atoms with Crippen molar-refractivity contribution in [1.82, 2.24) is 29.9 Å². The number of rotatable bonds is 6. The van der Waals surface area contributed by atoms with Crippen LogP contribution < -0.4 is 5.32 Å². The lowest BCUT2D eigenvalue weighted by Gasteiger charge is -2.36. The largest absolute Gasteiger partial charge is 0.338 e. The number of hydrogen-bond acceptors (Lipinski definition) is 6. The van der Waals surface area contributed by atoms with Crippen LogP contribution in [0.15, 0.2) is 17.8 Å². The Balaban J connectivity index is 0.00000182. The van der Waals surface area contributed by atoms with Gasteiger partial charge in [0, 0.05) is 56.9 Å². The Kier molecular flexibility index (Phi) is 9.69. The van der Waals surface area contributed by atoms with Crippen LogP contribution in [0.3, 0.4) is 0 Å². The third-order valence-electron chi connectivity index (χ3n) is 4.57. The summed E-state index contributed by atoms with van der Waals surface area (Å²) in [6.45, 7) is 6.27. The van der Waals surface area contributed by atoms with Gasteiger partial charge in [-0.15, -0.1) is 36.2 Å². The van der Waals surface area contributed by atoms with Crippen molar-refractivity contribution in [2.45, 2.75) is 25.9 Å². The minimum absolute atomic E-state index is 0. The molecule has 3 heterocycles. The molecule has 0 bridgehead atoms. The maximum atomic E-state index is 12.8. The number of aryl methyl sites for hydroxylation is 2. The highest BCUT2D eigenvalue weighted by Gasteiger charge is 2.28. The molecule has 2 aromatic heterocycles. The number of halogens is 2. The average Bonchev–Trinajstić information content (AvgIpc) is 3.25. The fourth-order valence-corrected chi connectivity index (χ4v) is 3.88. The van der Waals surface area contributed by atoms with Crippen molar-refractivity contribution in [3.8, 4) is 0 Å². The lowest BCUT2D eigenvalue weighted by Crippen LogP contribution is -2.51. The van der Waals surface area contributed by atoms with Crippen molar-refractivity contribution in [2.24, 2.45) is 7.05 Å². The van der Waals surface area contributed by atoms with Crippen LogP contribution in [0.1, 0.15) is 29.2 Å². The molecule has 0 saturated carbocycles. The Morgan fingerprint density at radius 3 is 2.52 bits per heavy atom. The van der Waals surface area contributed by atoms with E-state index in [1.807, 2.05) is 25.2 Å². The number of nitrogens with one attached hydrogen (secondary N) is 1. The number of thiazole rings is 1. The molecular weight excluding hydrogens is 407 g/mol. The standard InChI is InChI=1S/C17H26N6OS.2ClH/c1-4-15-20-14(12-25-15)11-22-5-7-23(8-6-22)17(24)16(18-2)13-9-19-21(3)10-13;;/h9-10,12,16,18H,4-8,11H2,1-3H3;2*1H. The minimum atomic E-state index is -0.328. The second-order valence-corrected chi connectivity index (χ2v) is 7.30. The fraction of sp³-hybridized carbons (Fsp3) is 0.588. The van der Waals surface area contributed by atoms with Crippen LogP contribution in [0.25, 0.3) is 0 Å². The van der Waals surface area contributed by atoms with Gasteiger partial charge >= 0.3 is 0 Å². The van der Waals surface area contributed by atoms with Crippen LogP contribution in [-0.4, -0.2) is 63.7 Å². The van der Waals surface area contributed by atoms with Gasteiger partial charge in [0.2, 0.25) is 5.91 Å². The van der Waals surface area contributed by atoms with Gasteiger partial charge in [0.25, 0.3) is 0 Å². The number of carbonyl (C=O) groups excluding carboxylic acids is 1. The van der Waals surface area contributed by atoms with E-state index in [1.54, 1.807) is 22.2 Å². The zero-order valence-corrected chi connectivity index (χ0v) is 18.4. The summed E-state index contributed by atoms with van der Waals surface area (Å²) in [5.41, 5.74) is 2.05. The second kappa shape index (κ2) is 11.0. The molecule has 7 nitrogen and oxygen atoms in total. The molecule has 27 heavy (non-hydrogen) atoms. The average molecular weight is 435 g/mol. The Morgan fingerprint density at radius 1 is 1.30 bits per heavy atom. The normalized spacial score (nSPS) is 15.7. The summed E-state index contributed by atoms with van der Waals surface area (Å²) < 4.78 is 1.73. The van der Waals surface area contributed by atoms with E-state index in [0.29, 0.717) is 0 Å². The zero-order chi connectivity index (χ0) is 17.8. The van der Waals surface area contributed by atoms with Gasteiger partial charge in [0.15, 0.2) is 0 Å². The fourth-order valence-electron chi connectivity index (χ4n) is 3.14. The molecule has 1 aliphatic heterocycles. The molecule has 1 saturated heterocycles. The third-order valence-corrected chi connectivity index (χ3v) is 5.61. The van der Waals surface area contributed by atoms with E-state index < -0.39 is 0 Å². The highest BCUT2D eigenvalue weighted by Crippen LogP contribution is 2.17.